The zero-order valence-corrected chi connectivity index (χ0v) is 6.60. The van der Waals surface area contributed by atoms with Gasteiger partial charge in [0.2, 0.25) is 0 Å². The lowest BCUT2D eigenvalue weighted by molar-refractivity contribution is 1.25. The van der Waals surface area contributed by atoms with Gasteiger partial charge in [0.25, 0.3) is 0 Å². The van der Waals surface area contributed by atoms with Crippen molar-refractivity contribution in [3.8, 4) is 0 Å². The van der Waals surface area contributed by atoms with Crippen LogP contribution in [0.1, 0.15) is 5.69 Å². The van der Waals surface area contributed by atoms with E-state index in [1.165, 1.54) is 0 Å². The fourth-order valence-corrected chi connectivity index (χ4v) is 1.25. The van der Waals surface area contributed by atoms with E-state index < -0.39 is 0 Å². The Morgan fingerprint density at radius 1 is 1.55 bits per heavy atom. The average Bonchev–Trinajstić information content (AvgIpc) is 2.46. The van der Waals surface area contributed by atoms with Gasteiger partial charge in [-0.25, -0.2) is 0 Å². The molecule has 1 N–H and O–H groups in total. The highest BCUT2D eigenvalue weighted by molar-refractivity contribution is 6.17. The lowest BCUT2D eigenvalue weighted by atomic mass is 10.3. The second-order valence-electron chi connectivity index (χ2n) is 2.39. The molecule has 2 nitrogen and oxygen atoms in total. The van der Waals surface area contributed by atoms with Crippen LogP contribution in [-0.4, -0.2) is 9.97 Å². The molecular weight excluding hydrogens is 160 g/mol. The zero-order valence-electron chi connectivity index (χ0n) is 5.84. The summed E-state index contributed by atoms with van der Waals surface area (Å²) in [7, 11) is 0. The van der Waals surface area contributed by atoms with E-state index in [-0.39, 0.29) is 0 Å². The number of nitrogens with one attached hydrogen (secondary N) is 1. The quantitative estimate of drug-likeness (QED) is 0.647. The second kappa shape index (κ2) is 2.55. The minimum Gasteiger partial charge on any atom is -0.357 e. The van der Waals surface area contributed by atoms with Crippen molar-refractivity contribution < 1.29 is 0 Å². The van der Waals surface area contributed by atoms with Crippen LogP contribution in [0.2, 0.25) is 0 Å². The Morgan fingerprint density at radius 2 is 2.45 bits per heavy atom. The highest BCUT2D eigenvalue weighted by atomic mass is 35.5. The molecule has 3 heteroatoms. The standard InChI is InChI=1S/C8H7ClN2/c9-4-7-3-6-5-10-2-1-8(6)11-7/h1-3,5,11H,4H2. The molecule has 0 amide bonds. The predicted molar refractivity (Wildman–Crippen MR) is 45.7 cm³/mol. The van der Waals surface area contributed by atoms with E-state index >= 15 is 0 Å². The van der Waals surface area contributed by atoms with Gasteiger partial charge in [0.1, 0.15) is 0 Å². The topological polar surface area (TPSA) is 28.7 Å². The fourth-order valence-electron chi connectivity index (χ4n) is 1.10. The Kier molecular flexibility index (Phi) is 1.55. The summed E-state index contributed by atoms with van der Waals surface area (Å²) < 4.78 is 0. The molecule has 0 saturated carbocycles. The van der Waals surface area contributed by atoms with Gasteiger partial charge in [-0.15, -0.1) is 11.6 Å². The van der Waals surface area contributed by atoms with Gasteiger partial charge in [-0.1, -0.05) is 0 Å². The molecule has 0 aliphatic carbocycles. The van der Waals surface area contributed by atoms with Crippen LogP contribution in [0.5, 0.6) is 0 Å². The Balaban J connectivity index is 2.69. The molecule has 0 aliphatic heterocycles. The highest BCUT2D eigenvalue weighted by Gasteiger charge is 1.96. The van der Waals surface area contributed by atoms with Gasteiger partial charge < -0.3 is 4.98 Å². The van der Waals surface area contributed by atoms with Crippen LogP contribution in [0.15, 0.2) is 24.5 Å². The molecular formula is C8H7ClN2. The van der Waals surface area contributed by atoms with Crippen LogP contribution < -0.4 is 0 Å². The van der Waals surface area contributed by atoms with E-state index in [1.54, 1.807) is 6.20 Å². The normalized spacial score (nSPS) is 10.6. The highest BCUT2D eigenvalue weighted by Crippen LogP contribution is 2.14. The lowest BCUT2D eigenvalue weighted by Gasteiger charge is -1.84. The van der Waals surface area contributed by atoms with Crippen molar-refractivity contribution in [1.29, 1.82) is 0 Å². The minimum atomic E-state index is 0.523. The van der Waals surface area contributed by atoms with Gasteiger partial charge >= 0.3 is 0 Å². The number of hydrogen-bond acceptors (Lipinski definition) is 1. The van der Waals surface area contributed by atoms with Gasteiger partial charge in [-0.2, -0.15) is 0 Å². The van der Waals surface area contributed by atoms with E-state index in [4.69, 9.17) is 11.6 Å². The molecule has 0 fully saturated rings. The summed E-state index contributed by atoms with van der Waals surface area (Å²) in [4.78, 5) is 7.17. The SMILES string of the molecule is ClCc1cc2cnccc2[nH]1. The van der Waals surface area contributed by atoms with E-state index in [0.717, 1.165) is 16.6 Å². The number of aromatic nitrogens is 2. The first kappa shape index (κ1) is 6.68. The summed E-state index contributed by atoms with van der Waals surface area (Å²) in [6, 6.07) is 3.95. The van der Waals surface area contributed by atoms with Crippen molar-refractivity contribution in [1.82, 2.24) is 9.97 Å². The Labute approximate surface area is 69.2 Å². The number of pyridine rings is 1. The number of halogens is 1. The van der Waals surface area contributed by atoms with Crippen LogP contribution in [0, 0.1) is 0 Å². The van der Waals surface area contributed by atoms with Crippen LogP contribution in [0.4, 0.5) is 0 Å². The van der Waals surface area contributed by atoms with Crippen molar-refractivity contribution in [2.24, 2.45) is 0 Å². The third kappa shape index (κ3) is 1.10. The molecule has 2 rings (SSSR count). The summed E-state index contributed by atoms with van der Waals surface area (Å²) in [6.45, 7) is 0. The van der Waals surface area contributed by atoms with Crippen molar-refractivity contribution in [3.63, 3.8) is 0 Å². The van der Waals surface area contributed by atoms with Crippen LogP contribution in [0.25, 0.3) is 10.9 Å². The molecule has 0 bridgehead atoms. The molecule has 56 valence electrons. The van der Waals surface area contributed by atoms with Gasteiger partial charge in [0.15, 0.2) is 0 Å². The summed E-state index contributed by atoms with van der Waals surface area (Å²) in [6.07, 6.45) is 3.58. The lowest BCUT2D eigenvalue weighted by Crippen LogP contribution is -1.72. The fraction of sp³-hybridized carbons (Fsp3) is 0.125. The molecule has 2 aromatic heterocycles. The number of alkyl halides is 1. The third-order valence-corrected chi connectivity index (χ3v) is 1.91. The number of rotatable bonds is 1. The molecule has 0 aliphatic rings. The first-order valence-electron chi connectivity index (χ1n) is 3.38. The van der Waals surface area contributed by atoms with Crippen LogP contribution in [-0.2, 0) is 5.88 Å². The molecule has 0 spiro atoms. The maximum atomic E-state index is 5.65. The molecule has 11 heavy (non-hydrogen) atoms. The summed E-state index contributed by atoms with van der Waals surface area (Å²) in [5.74, 6) is 0.523. The van der Waals surface area contributed by atoms with Crippen LogP contribution >= 0.6 is 11.6 Å². The number of nitrogens with zero attached hydrogens (tertiary/aromatic N) is 1. The number of fused-ring (bicyclic) bond motifs is 1. The van der Waals surface area contributed by atoms with Gasteiger partial charge in [-0.05, 0) is 12.1 Å². The van der Waals surface area contributed by atoms with Crippen molar-refractivity contribution in [2.45, 2.75) is 5.88 Å². The van der Waals surface area contributed by atoms with E-state index in [0.29, 0.717) is 5.88 Å². The molecule has 0 atom stereocenters. The van der Waals surface area contributed by atoms with Crippen molar-refractivity contribution >= 4 is 22.5 Å². The molecule has 2 aromatic rings. The number of hydrogen-bond donors (Lipinski definition) is 1. The Bertz CT molecular complexity index is 334. The number of H-pyrrole nitrogens is 1. The van der Waals surface area contributed by atoms with Crippen molar-refractivity contribution in [3.05, 3.63) is 30.2 Å². The van der Waals surface area contributed by atoms with Gasteiger partial charge in [0.05, 0.1) is 5.88 Å². The smallest absolute Gasteiger partial charge is 0.0625 e. The second-order valence-corrected chi connectivity index (χ2v) is 2.66. The monoisotopic (exact) mass is 166 g/mol. The summed E-state index contributed by atoms with van der Waals surface area (Å²) >= 11 is 5.65. The summed E-state index contributed by atoms with van der Waals surface area (Å²) in [5, 5.41) is 1.11. The molecule has 0 saturated heterocycles. The van der Waals surface area contributed by atoms with E-state index in [9.17, 15) is 0 Å². The van der Waals surface area contributed by atoms with Gasteiger partial charge in [0, 0.05) is 29.0 Å². The molecule has 2 heterocycles. The van der Waals surface area contributed by atoms with Gasteiger partial charge in [-0.3, -0.25) is 4.98 Å². The first-order valence-corrected chi connectivity index (χ1v) is 3.91. The predicted octanol–water partition coefficient (Wildman–Crippen LogP) is 2.30. The molecule has 0 radical (unpaired) electrons. The average molecular weight is 167 g/mol. The third-order valence-electron chi connectivity index (χ3n) is 1.62. The maximum Gasteiger partial charge on any atom is 0.0625 e. The molecule has 0 unspecified atom stereocenters. The van der Waals surface area contributed by atoms with Crippen LogP contribution in [0.3, 0.4) is 0 Å². The zero-order chi connectivity index (χ0) is 7.68. The maximum absolute atomic E-state index is 5.65. The largest absolute Gasteiger partial charge is 0.357 e. The molecule has 0 aromatic carbocycles. The summed E-state index contributed by atoms with van der Waals surface area (Å²) in [5.41, 5.74) is 2.13. The van der Waals surface area contributed by atoms with E-state index in [1.807, 2.05) is 18.3 Å². The minimum absolute atomic E-state index is 0.523. The van der Waals surface area contributed by atoms with Crippen molar-refractivity contribution in [2.75, 3.05) is 0 Å². The number of aromatic amines is 1. The van der Waals surface area contributed by atoms with E-state index in [2.05, 4.69) is 9.97 Å². The first-order chi connectivity index (χ1) is 5.40. The Morgan fingerprint density at radius 3 is 3.18 bits per heavy atom. The Hall–Kier alpha value is -1.02.